The molecule has 1 amide bonds. The molecule has 2 aromatic carbocycles. The number of nitrogens with zero attached hydrogens (tertiary/aromatic N) is 2. The van der Waals surface area contributed by atoms with Crippen LogP contribution in [0.4, 0.5) is 0 Å². The molecule has 0 aliphatic carbocycles. The van der Waals surface area contributed by atoms with E-state index in [0.29, 0.717) is 5.92 Å². The van der Waals surface area contributed by atoms with E-state index in [1.54, 1.807) is 11.3 Å². The van der Waals surface area contributed by atoms with Crippen LogP contribution in [0.15, 0.2) is 48.5 Å². The van der Waals surface area contributed by atoms with Gasteiger partial charge in [0.1, 0.15) is 5.75 Å². The van der Waals surface area contributed by atoms with Crippen molar-refractivity contribution in [2.24, 2.45) is 0 Å². The number of hydrogen-bond donors (Lipinski definition) is 0. The zero-order valence-electron chi connectivity index (χ0n) is 15.7. The van der Waals surface area contributed by atoms with Crippen molar-refractivity contribution < 1.29 is 9.53 Å². The monoisotopic (exact) mass is 380 g/mol. The third-order valence-corrected chi connectivity index (χ3v) is 6.04. The number of para-hydroxylation sites is 1. The van der Waals surface area contributed by atoms with Crippen LogP contribution in [0.1, 0.15) is 48.0 Å². The zero-order valence-corrected chi connectivity index (χ0v) is 16.5. The summed E-state index contributed by atoms with van der Waals surface area (Å²) in [4.78, 5) is 19.7. The van der Waals surface area contributed by atoms with Crippen molar-refractivity contribution in [3.8, 4) is 5.75 Å². The quantitative estimate of drug-likeness (QED) is 0.632. The predicted octanol–water partition coefficient (Wildman–Crippen LogP) is 5.10. The van der Waals surface area contributed by atoms with Crippen LogP contribution in [0.2, 0.25) is 0 Å². The molecule has 0 bridgehead atoms. The first kappa shape index (κ1) is 18.0. The molecule has 4 nitrogen and oxygen atoms in total. The molecule has 1 atom stereocenters. The van der Waals surface area contributed by atoms with Crippen molar-refractivity contribution >= 4 is 27.5 Å². The van der Waals surface area contributed by atoms with E-state index < -0.39 is 0 Å². The van der Waals surface area contributed by atoms with Gasteiger partial charge in [0.25, 0.3) is 5.91 Å². The lowest BCUT2D eigenvalue weighted by Gasteiger charge is -2.32. The van der Waals surface area contributed by atoms with Crippen LogP contribution in [0.25, 0.3) is 10.2 Å². The molecular weight excluding hydrogens is 356 g/mol. The summed E-state index contributed by atoms with van der Waals surface area (Å²) in [6, 6.07) is 15.7. The Kier molecular flexibility index (Phi) is 5.12. The number of carbonyl (C=O) groups is 1. The second kappa shape index (κ2) is 7.69. The average molecular weight is 381 g/mol. The first-order chi connectivity index (χ1) is 13.1. The third kappa shape index (κ3) is 3.98. The minimum Gasteiger partial charge on any atom is -0.491 e. The van der Waals surface area contributed by atoms with Gasteiger partial charge < -0.3 is 9.64 Å². The topological polar surface area (TPSA) is 42.4 Å². The van der Waals surface area contributed by atoms with E-state index in [2.05, 4.69) is 12.1 Å². The number of carbonyl (C=O) groups excluding carboxylic acids is 1. The van der Waals surface area contributed by atoms with Crippen molar-refractivity contribution in [1.82, 2.24) is 9.88 Å². The van der Waals surface area contributed by atoms with Crippen molar-refractivity contribution in [3.05, 3.63) is 59.1 Å². The minimum atomic E-state index is 0.0944. The van der Waals surface area contributed by atoms with Crippen LogP contribution in [0, 0.1) is 0 Å². The highest BCUT2D eigenvalue weighted by molar-refractivity contribution is 7.18. The standard InChI is InChI=1S/C22H24N2O2S/c1-15(2)26-18-11-9-16(10-12-18)22(25)24-13-5-6-17(14-24)21-23-19-7-3-4-8-20(19)27-21/h3-4,7-12,15,17H,5-6,13-14H2,1-2H3/t17-/m1/s1. The summed E-state index contributed by atoms with van der Waals surface area (Å²) in [6.07, 6.45) is 2.23. The summed E-state index contributed by atoms with van der Waals surface area (Å²) in [5, 5.41) is 1.15. The molecule has 0 saturated carbocycles. The molecule has 27 heavy (non-hydrogen) atoms. The molecule has 1 aromatic heterocycles. The third-order valence-electron chi connectivity index (χ3n) is 4.84. The number of hydrogen-bond acceptors (Lipinski definition) is 4. The van der Waals surface area contributed by atoms with Crippen LogP contribution in [-0.2, 0) is 0 Å². The smallest absolute Gasteiger partial charge is 0.253 e. The van der Waals surface area contributed by atoms with Crippen molar-refractivity contribution in [2.45, 2.75) is 38.7 Å². The lowest BCUT2D eigenvalue weighted by Crippen LogP contribution is -2.39. The highest BCUT2D eigenvalue weighted by Crippen LogP contribution is 2.33. The number of amides is 1. The molecule has 2 heterocycles. The maximum absolute atomic E-state index is 13.0. The van der Waals surface area contributed by atoms with E-state index in [9.17, 15) is 4.79 Å². The summed E-state index contributed by atoms with van der Waals surface area (Å²) < 4.78 is 6.89. The number of likely N-dealkylation sites (tertiary alicyclic amines) is 1. The molecular formula is C22H24N2O2S. The van der Waals surface area contributed by atoms with E-state index in [1.165, 1.54) is 4.70 Å². The fourth-order valence-corrected chi connectivity index (χ4v) is 4.65. The van der Waals surface area contributed by atoms with E-state index in [0.717, 1.165) is 47.8 Å². The number of piperidine rings is 1. The zero-order chi connectivity index (χ0) is 18.8. The second-order valence-electron chi connectivity index (χ2n) is 7.30. The lowest BCUT2D eigenvalue weighted by molar-refractivity contribution is 0.0707. The molecule has 3 aromatic rings. The minimum absolute atomic E-state index is 0.0944. The van der Waals surface area contributed by atoms with E-state index >= 15 is 0 Å². The fraction of sp³-hybridized carbons (Fsp3) is 0.364. The van der Waals surface area contributed by atoms with Gasteiger partial charge in [0.05, 0.1) is 21.3 Å². The lowest BCUT2D eigenvalue weighted by atomic mass is 9.98. The maximum Gasteiger partial charge on any atom is 0.253 e. The Morgan fingerprint density at radius 1 is 1.19 bits per heavy atom. The number of thiazole rings is 1. The van der Waals surface area contributed by atoms with Crippen LogP contribution in [-0.4, -0.2) is 35.0 Å². The van der Waals surface area contributed by atoms with Crippen molar-refractivity contribution in [3.63, 3.8) is 0 Å². The molecule has 0 spiro atoms. The Balaban J connectivity index is 1.48. The van der Waals surface area contributed by atoms with Crippen molar-refractivity contribution in [2.75, 3.05) is 13.1 Å². The van der Waals surface area contributed by atoms with Gasteiger partial charge in [-0.3, -0.25) is 4.79 Å². The number of rotatable bonds is 4. The summed E-state index contributed by atoms with van der Waals surface area (Å²) in [5.41, 5.74) is 1.78. The van der Waals surface area contributed by atoms with Crippen LogP contribution in [0.3, 0.4) is 0 Å². The van der Waals surface area contributed by atoms with Gasteiger partial charge in [-0.1, -0.05) is 12.1 Å². The maximum atomic E-state index is 13.0. The summed E-state index contributed by atoms with van der Waals surface area (Å²) in [5.74, 6) is 1.22. The molecule has 5 heteroatoms. The molecule has 140 valence electrons. The number of aromatic nitrogens is 1. The Bertz CT molecular complexity index is 900. The second-order valence-corrected chi connectivity index (χ2v) is 8.36. The Morgan fingerprint density at radius 2 is 1.96 bits per heavy atom. The van der Waals surface area contributed by atoms with Gasteiger partial charge in [0.15, 0.2) is 0 Å². The van der Waals surface area contributed by atoms with Gasteiger partial charge >= 0.3 is 0 Å². The van der Waals surface area contributed by atoms with E-state index in [4.69, 9.17) is 9.72 Å². The highest BCUT2D eigenvalue weighted by Gasteiger charge is 2.27. The SMILES string of the molecule is CC(C)Oc1ccc(C(=O)N2CCC[C@@H](c3nc4ccccc4s3)C2)cc1. The normalized spacial score (nSPS) is 17.4. The van der Waals surface area contributed by atoms with Crippen molar-refractivity contribution in [1.29, 1.82) is 0 Å². The number of benzene rings is 2. The van der Waals surface area contributed by atoms with Gasteiger partial charge in [-0.15, -0.1) is 11.3 Å². The number of ether oxygens (including phenoxy) is 1. The first-order valence-corrected chi connectivity index (χ1v) is 10.3. The highest BCUT2D eigenvalue weighted by atomic mass is 32.1. The van der Waals surface area contributed by atoms with E-state index in [-0.39, 0.29) is 12.0 Å². The molecule has 1 saturated heterocycles. The fourth-order valence-electron chi connectivity index (χ4n) is 3.56. The van der Waals surface area contributed by atoms with Gasteiger partial charge in [-0.05, 0) is 63.1 Å². The first-order valence-electron chi connectivity index (χ1n) is 9.51. The van der Waals surface area contributed by atoms with Crippen LogP contribution < -0.4 is 4.74 Å². The molecule has 0 N–H and O–H groups in total. The van der Waals surface area contributed by atoms with Gasteiger partial charge in [0.2, 0.25) is 0 Å². The molecule has 1 aliphatic heterocycles. The predicted molar refractivity (Wildman–Crippen MR) is 110 cm³/mol. The summed E-state index contributed by atoms with van der Waals surface area (Å²) >= 11 is 1.76. The van der Waals surface area contributed by atoms with Gasteiger partial charge in [-0.2, -0.15) is 0 Å². The van der Waals surface area contributed by atoms with Crippen LogP contribution in [0.5, 0.6) is 5.75 Å². The van der Waals surface area contributed by atoms with E-state index in [1.807, 2.05) is 55.1 Å². The molecule has 4 rings (SSSR count). The molecule has 1 fully saturated rings. The molecule has 1 aliphatic rings. The Hall–Kier alpha value is -2.40. The van der Waals surface area contributed by atoms with Crippen LogP contribution >= 0.6 is 11.3 Å². The number of fused-ring (bicyclic) bond motifs is 1. The van der Waals surface area contributed by atoms with Gasteiger partial charge in [-0.25, -0.2) is 4.98 Å². The largest absolute Gasteiger partial charge is 0.491 e. The average Bonchev–Trinajstić information content (AvgIpc) is 3.12. The Labute approximate surface area is 163 Å². The molecule has 0 unspecified atom stereocenters. The summed E-state index contributed by atoms with van der Waals surface area (Å²) in [6.45, 7) is 5.54. The Morgan fingerprint density at radius 3 is 2.70 bits per heavy atom. The summed E-state index contributed by atoms with van der Waals surface area (Å²) in [7, 11) is 0. The molecule has 0 radical (unpaired) electrons. The van der Waals surface area contributed by atoms with Gasteiger partial charge in [0, 0.05) is 24.6 Å².